The third-order valence-electron chi connectivity index (χ3n) is 5.56. The van der Waals surface area contributed by atoms with Gasteiger partial charge in [0.05, 0.1) is 12.5 Å². The fourth-order valence-electron chi connectivity index (χ4n) is 3.79. The Morgan fingerprint density at radius 1 is 1.15 bits per heavy atom. The molecule has 1 unspecified atom stereocenters. The van der Waals surface area contributed by atoms with Crippen LogP contribution < -0.4 is 5.32 Å². The number of likely N-dealkylation sites (N-methyl/N-ethyl adjacent to an activating group) is 1. The molecular formula is C20H30N4O2. The smallest absolute Gasteiger partial charge is 0.240 e. The summed E-state index contributed by atoms with van der Waals surface area (Å²) in [6.45, 7) is 7.92. The van der Waals surface area contributed by atoms with Gasteiger partial charge in [-0.25, -0.2) is 0 Å². The van der Waals surface area contributed by atoms with Crippen molar-refractivity contribution >= 4 is 11.8 Å². The van der Waals surface area contributed by atoms with Crippen LogP contribution in [0.3, 0.4) is 0 Å². The van der Waals surface area contributed by atoms with Crippen molar-refractivity contribution in [1.82, 2.24) is 20.0 Å². The standard InChI is InChI=1S/C20H30N4O2/c1-16-5-3-4-6-17(16)15-19(25)21-8-10-24-9-7-18(20(24)26)23-13-11-22(2)12-14-23/h3-6,18H,7-15H2,1-2H3,(H,21,25). The topological polar surface area (TPSA) is 55.9 Å². The van der Waals surface area contributed by atoms with E-state index in [0.717, 1.165) is 50.3 Å². The third kappa shape index (κ3) is 4.62. The Morgan fingerprint density at radius 3 is 2.62 bits per heavy atom. The van der Waals surface area contributed by atoms with Gasteiger partial charge in [-0.05, 0) is 31.5 Å². The lowest BCUT2D eigenvalue weighted by Gasteiger charge is -2.35. The quantitative estimate of drug-likeness (QED) is 0.805. The molecule has 142 valence electrons. The van der Waals surface area contributed by atoms with Crippen LogP contribution in [0.2, 0.25) is 0 Å². The molecule has 2 aliphatic rings. The minimum Gasteiger partial charge on any atom is -0.354 e. The van der Waals surface area contributed by atoms with Crippen molar-refractivity contribution in [3.63, 3.8) is 0 Å². The predicted molar refractivity (Wildman–Crippen MR) is 102 cm³/mol. The van der Waals surface area contributed by atoms with Gasteiger partial charge in [0, 0.05) is 45.8 Å². The van der Waals surface area contributed by atoms with Crippen LogP contribution in [0.4, 0.5) is 0 Å². The van der Waals surface area contributed by atoms with Crippen LogP contribution >= 0.6 is 0 Å². The van der Waals surface area contributed by atoms with Gasteiger partial charge in [0.2, 0.25) is 11.8 Å². The second-order valence-corrected chi connectivity index (χ2v) is 7.42. The average Bonchev–Trinajstić information content (AvgIpc) is 2.99. The van der Waals surface area contributed by atoms with Gasteiger partial charge >= 0.3 is 0 Å². The van der Waals surface area contributed by atoms with Gasteiger partial charge in [-0.1, -0.05) is 24.3 Å². The van der Waals surface area contributed by atoms with Crippen LogP contribution in [0.25, 0.3) is 0 Å². The van der Waals surface area contributed by atoms with Crippen molar-refractivity contribution in [2.24, 2.45) is 0 Å². The largest absolute Gasteiger partial charge is 0.354 e. The maximum atomic E-state index is 12.7. The summed E-state index contributed by atoms with van der Waals surface area (Å²) in [6, 6.07) is 7.97. The Hall–Kier alpha value is -1.92. The summed E-state index contributed by atoms with van der Waals surface area (Å²) in [5, 5.41) is 2.95. The van der Waals surface area contributed by atoms with Crippen LogP contribution in [0.1, 0.15) is 17.5 Å². The number of aryl methyl sites for hydroxylation is 1. The molecule has 1 aromatic carbocycles. The highest BCUT2D eigenvalue weighted by Crippen LogP contribution is 2.18. The predicted octanol–water partition coefficient (Wildman–Crippen LogP) is 0.502. The first-order chi connectivity index (χ1) is 12.5. The van der Waals surface area contributed by atoms with E-state index in [4.69, 9.17) is 0 Å². The molecule has 0 bridgehead atoms. The zero-order valence-corrected chi connectivity index (χ0v) is 15.9. The fourth-order valence-corrected chi connectivity index (χ4v) is 3.79. The molecule has 0 aliphatic carbocycles. The zero-order chi connectivity index (χ0) is 18.5. The van der Waals surface area contributed by atoms with Crippen LogP contribution in [0.5, 0.6) is 0 Å². The van der Waals surface area contributed by atoms with Gasteiger partial charge in [0.1, 0.15) is 0 Å². The number of nitrogens with one attached hydrogen (secondary N) is 1. The van der Waals surface area contributed by atoms with Gasteiger partial charge in [-0.2, -0.15) is 0 Å². The zero-order valence-electron chi connectivity index (χ0n) is 15.9. The lowest BCUT2D eigenvalue weighted by molar-refractivity contribution is -0.133. The highest BCUT2D eigenvalue weighted by molar-refractivity contribution is 5.84. The van der Waals surface area contributed by atoms with Crippen LogP contribution in [0.15, 0.2) is 24.3 Å². The van der Waals surface area contributed by atoms with Crippen molar-refractivity contribution < 1.29 is 9.59 Å². The molecule has 1 aromatic rings. The highest BCUT2D eigenvalue weighted by Gasteiger charge is 2.36. The van der Waals surface area contributed by atoms with Gasteiger partial charge < -0.3 is 15.1 Å². The summed E-state index contributed by atoms with van der Waals surface area (Å²) in [5.41, 5.74) is 2.18. The van der Waals surface area contributed by atoms with Gasteiger partial charge in [0.25, 0.3) is 0 Å². The molecule has 2 saturated heterocycles. The maximum absolute atomic E-state index is 12.7. The van der Waals surface area contributed by atoms with Gasteiger partial charge in [-0.3, -0.25) is 14.5 Å². The minimum absolute atomic E-state index is 0.0153. The molecular weight excluding hydrogens is 328 g/mol. The van der Waals surface area contributed by atoms with E-state index in [0.29, 0.717) is 19.5 Å². The van der Waals surface area contributed by atoms with E-state index >= 15 is 0 Å². The normalized spacial score (nSPS) is 22.0. The lowest BCUT2D eigenvalue weighted by Crippen LogP contribution is -2.51. The maximum Gasteiger partial charge on any atom is 0.240 e. The fraction of sp³-hybridized carbons (Fsp3) is 0.600. The van der Waals surface area contributed by atoms with Crippen molar-refractivity contribution in [3.8, 4) is 0 Å². The second kappa shape index (κ2) is 8.64. The number of nitrogens with zero attached hydrogens (tertiary/aromatic N) is 3. The molecule has 0 spiro atoms. The summed E-state index contributed by atoms with van der Waals surface area (Å²) >= 11 is 0. The average molecular weight is 358 g/mol. The Kier molecular flexibility index (Phi) is 6.27. The van der Waals surface area contributed by atoms with Gasteiger partial charge in [-0.15, -0.1) is 0 Å². The van der Waals surface area contributed by atoms with Crippen molar-refractivity contribution in [3.05, 3.63) is 35.4 Å². The van der Waals surface area contributed by atoms with E-state index < -0.39 is 0 Å². The van der Waals surface area contributed by atoms with Crippen molar-refractivity contribution in [2.45, 2.75) is 25.8 Å². The molecule has 0 radical (unpaired) electrons. The Bertz CT molecular complexity index is 640. The Balaban J connectivity index is 1.40. The summed E-state index contributed by atoms with van der Waals surface area (Å²) in [5.74, 6) is 0.240. The molecule has 2 fully saturated rings. The van der Waals surface area contributed by atoms with Crippen LogP contribution in [-0.4, -0.2) is 85.4 Å². The summed E-state index contributed by atoms with van der Waals surface area (Å²) < 4.78 is 0. The van der Waals surface area contributed by atoms with E-state index in [1.807, 2.05) is 36.1 Å². The molecule has 6 heteroatoms. The SMILES string of the molecule is Cc1ccccc1CC(=O)NCCN1CCC(N2CCN(C)CC2)C1=O. The molecule has 1 N–H and O–H groups in total. The number of carbonyl (C=O) groups excluding carboxylic acids is 2. The number of benzene rings is 1. The van der Waals surface area contributed by atoms with Crippen molar-refractivity contribution in [2.75, 3.05) is 52.9 Å². The minimum atomic E-state index is 0.0153. The molecule has 2 amide bonds. The number of piperazine rings is 1. The molecule has 0 aromatic heterocycles. The molecule has 26 heavy (non-hydrogen) atoms. The first-order valence-electron chi connectivity index (χ1n) is 9.57. The van der Waals surface area contributed by atoms with E-state index in [9.17, 15) is 9.59 Å². The monoisotopic (exact) mass is 358 g/mol. The van der Waals surface area contributed by atoms with E-state index in [-0.39, 0.29) is 17.9 Å². The van der Waals surface area contributed by atoms with E-state index in [2.05, 4.69) is 22.2 Å². The first kappa shape index (κ1) is 18.9. The number of likely N-dealkylation sites (tertiary alicyclic amines) is 1. The summed E-state index contributed by atoms with van der Waals surface area (Å²) in [6.07, 6.45) is 1.30. The summed E-state index contributed by atoms with van der Waals surface area (Å²) in [7, 11) is 2.12. The molecule has 2 heterocycles. The molecule has 3 rings (SSSR count). The number of carbonyl (C=O) groups is 2. The van der Waals surface area contributed by atoms with E-state index in [1.54, 1.807) is 0 Å². The highest BCUT2D eigenvalue weighted by atomic mass is 16.2. The Labute approximate surface area is 156 Å². The lowest BCUT2D eigenvalue weighted by atomic mass is 10.1. The van der Waals surface area contributed by atoms with Crippen LogP contribution in [0, 0.1) is 6.92 Å². The molecule has 6 nitrogen and oxygen atoms in total. The summed E-state index contributed by atoms with van der Waals surface area (Å²) in [4.78, 5) is 31.3. The second-order valence-electron chi connectivity index (χ2n) is 7.42. The van der Waals surface area contributed by atoms with Gasteiger partial charge in [0.15, 0.2) is 0 Å². The van der Waals surface area contributed by atoms with Crippen molar-refractivity contribution in [1.29, 1.82) is 0 Å². The molecule has 0 saturated carbocycles. The third-order valence-corrected chi connectivity index (χ3v) is 5.56. The number of hydrogen-bond acceptors (Lipinski definition) is 4. The molecule has 1 atom stereocenters. The number of amides is 2. The number of rotatable bonds is 6. The molecule has 2 aliphatic heterocycles. The Morgan fingerprint density at radius 2 is 1.88 bits per heavy atom. The number of hydrogen-bond donors (Lipinski definition) is 1. The van der Waals surface area contributed by atoms with Crippen LogP contribution in [-0.2, 0) is 16.0 Å². The first-order valence-corrected chi connectivity index (χ1v) is 9.57. The van der Waals surface area contributed by atoms with E-state index in [1.165, 1.54) is 0 Å².